The van der Waals surface area contributed by atoms with Gasteiger partial charge in [0, 0.05) is 34.8 Å². The van der Waals surface area contributed by atoms with E-state index in [1.165, 1.54) is 100 Å². The first kappa shape index (κ1) is 26.1. The molecular weight excluding hydrogens is 412 g/mol. The van der Waals surface area contributed by atoms with Gasteiger partial charge in [-0.05, 0) is 43.4 Å². The fourth-order valence-corrected chi connectivity index (χ4v) is 4.52. The fourth-order valence-electron chi connectivity index (χ4n) is 4.52. The third-order valence-corrected chi connectivity index (χ3v) is 6.78. The van der Waals surface area contributed by atoms with Gasteiger partial charge in [-0.25, -0.2) is 0 Å². The molecule has 0 aliphatic heterocycles. The molecule has 0 spiro atoms. The van der Waals surface area contributed by atoms with Crippen molar-refractivity contribution < 1.29 is 0 Å². The van der Waals surface area contributed by atoms with Crippen LogP contribution in [0.5, 0.6) is 0 Å². The smallest absolute Gasteiger partial charge is 0.0702 e. The molecule has 0 unspecified atom stereocenters. The maximum Gasteiger partial charge on any atom is 0.0702 e. The third kappa shape index (κ3) is 9.05. The average molecular weight is 457 g/mol. The second-order valence-corrected chi connectivity index (χ2v) is 9.70. The summed E-state index contributed by atoms with van der Waals surface area (Å²) in [6, 6.07) is 17.6. The number of rotatable bonds is 16. The Labute approximate surface area is 208 Å². The van der Waals surface area contributed by atoms with E-state index in [4.69, 9.17) is 9.97 Å². The summed E-state index contributed by atoms with van der Waals surface area (Å²) < 4.78 is 0. The first-order valence-electron chi connectivity index (χ1n) is 13.8. The zero-order valence-electron chi connectivity index (χ0n) is 21.6. The number of hydrogen-bond acceptors (Lipinski definition) is 2. The summed E-state index contributed by atoms with van der Waals surface area (Å²) in [5, 5.41) is 0. The molecule has 0 fully saturated rings. The molecule has 2 aromatic heterocycles. The van der Waals surface area contributed by atoms with E-state index >= 15 is 0 Å². The molecule has 2 heterocycles. The van der Waals surface area contributed by atoms with Crippen LogP contribution in [-0.4, -0.2) is 9.97 Å². The van der Waals surface area contributed by atoms with E-state index in [-0.39, 0.29) is 0 Å². The fraction of sp³-hybridized carbons (Fsp3) is 0.500. The minimum absolute atomic E-state index is 1.03. The molecule has 0 aliphatic carbocycles. The summed E-state index contributed by atoms with van der Waals surface area (Å²) in [5.41, 5.74) is 7.11. The molecule has 0 N–H and O–H groups in total. The van der Waals surface area contributed by atoms with Gasteiger partial charge in [-0.3, -0.25) is 9.97 Å². The molecule has 1 aromatic carbocycles. The van der Waals surface area contributed by atoms with Crippen LogP contribution in [0.25, 0.3) is 22.4 Å². The van der Waals surface area contributed by atoms with Gasteiger partial charge >= 0.3 is 0 Å². The van der Waals surface area contributed by atoms with Crippen LogP contribution in [0.2, 0.25) is 0 Å². The number of pyridine rings is 2. The van der Waals surface area contributed by atoms with E-state index in [1.807, 2.05) is 12.4 Å². The van der Waals surface area contributed by atoms with Gasteiger partial charge in [-0.15, -0.1) is 0 Å². The van der Waals surface area contributed by atoms with Crippen molar-refractivity contribution in [2.24, 2.45) is 0 Å². The summed E-state index contributed by atoms with van der Waals surface area (Å²) >= 11 is 0. The highest BCUT2D eigenvalue weighted by Gasteiger charge is 2.04. The molecule has 2 nitrogen and oxygen atoms in total. The highest BCUT2D eigenvalue weighted by Crippen LogP contribution is 2.23. The van der Waals surface area contributed by atoms with Gasteiger partial charge in [0.1, 0.15) is 0 Å². The predicted octanol–water partition coefficient (Wildman–Crippen LogP) is 9.62. The lowest BCUT2D eigenvalue weighted by Crippen LogP contribution is -1.92. The quantitative estimate of drug-likeness (QED) is 0.200. The number of hydrogen-bond donors (Lipinski definition) is 0. The van der Waals surface area contributed by atoms with E-state index in [0.717, 1.165) is 23.2 Å². The second-order valence-electron chi connectivity index (χ2n) is 9.70. The van der Waals surface area contributed by atoms with E-state index < -0.39 is 0 Å². The Morgan fingerprint density at radius 1 is 0.471 bits per heavy atom. The largest absolute Gasteiger partial charge is 0.261 e. The second kappa shape index (κ2) is 15.4. The molecule has 182 valence electrons. The van der Waals surface area contributed by atoms with Crippen LogP contribution in [-0.2, 0) is 12.8 Å². The number of benzene rings is 1. The molecule has 0 atom stereocenters. The lowest BCUT2D eigenvalue weighted by atomic mass is 10.0. The maximum absolute atomic E-state index is 4.74. The molecule has 2 heteroatoms. The van der Waals surface area contributed by atoms with Gasteiger partial charge < -0.3 is 0 Å². The minimum atomic E-state index is 1.03. The Morgan fingerprint density at radius 3 is 1.56 bits per heavy atom. The van der Waals surface area contributed by atoms with Crippen LogP contribution in [0.15, 0.2) is 60.9 Å². The Kier molecular flexibility index (Phi) is 11.9. The monoisotopic (exact) mass is 456 g/mol. The van der Waals surface area contributed by atoms with Crippen LogP contribution in [0.3, 0.4) is 0 Å². The molecule has 3 rings (SSSR count). The summed E-state index contributed by atoms with van der Waals surface area (Å²) in [7, 11) is 0. The number of aryl methyl sites for hydroxylation is 2. The summed E-state index contributed by atoms with van der Waals surface area (Å²) in [6.07, 6.45) is 22.3. The summed E-state index contributed by atoms with van der Waals surface area (Å²) in [5.74, 6) is 0. The van der Waals surface area contributed by atoms with Crippen LogP contribution in [0.1, 0.15) is 102 Å². The normalized spacial score (nSPS) is 11.1. The molecule has 0 aliphatic rings. The molecule has 0 saturated heterocycles. The van der Waals surface area contributed by atoms with Crippen LogP contribution in [0.4, 0.5) is 0 Å². The van der Waals surface area contributed by atoms with Crippen molar-refractivity contribution in [1.29, 1.82) is 0 Å². The summed E-state index contributed by atoms with van der Waals surface area (Å²) in [4.78, 5) is 9.44. The van der Waals surface area contributed by atoms with Crippen molar-refractivity contribution in [1.82, 2.24) is 9.97 Å². The highest BCUT2D eigenvalue weighted by molar-refractivity contribution is 5.66. The molecule has 0 saturated carbocycles. The topological polar surface area (TPSA) is 25.8 Å². The Hall–Kier alpha value is -2.48. The molecule has 3 aromatic rings. The van der Waals surface area contributed by atoms with Gasteiger partial charge in [0.05, 0.1) is 5.69 Å². The maximum atomic E-state index is 4.74. The number of nitrogens with zero attached hydrogens (tertiary/aromatic N) is 2. The SMILES string of the molecule is CCCCCCCCc1ccc(-c2ccc(-c3ccc(CCCCCCCC)nc3)cn2)cc1. The van der Waals surface area contributed by atoms with Gasteiger partial charge in [0.2, 0.25) is 0 Å². The Bertz CT molecular complexity index is 832. The van der Waals surface area contributed by atoms with Gasteiger partial charge in [0.25, 0.3) is 0 Å². The van der Waals surface area contributed by atoms with Gasteiger partial charge in [0.15, 0.2) is 0 Å². The Balaban J connectivity index is 1.46. The van der Waals surface area contributed by atoms with Crippen molar-refractivity contribution in [3.8, 4) is 22.4 Å². The van der Waals surface area contributed by atoms with E-state index in [1.54, 1.807) is 0 Å². The van der Waals surface area contributed by atoms with E-state index in [0.29, 0.717) is 0 Å². The van der Waals surface area contributed by atoms with Crippen molar-refractivity contribution in [3.05, 3.63) is 72.2 Å². The van der Waals surface area contributed by atoms with Crippen molar-refractivity contribution >= 4 is 0 Å². The van der Waals surface area contributed by atoms with Crippen LogP contribution >= 0.6 is 0 Å². The molecule has 0 amide bonds. The van der Waals surface area contributed by atoms with Crippen molar-refractivity contribution in [2.45, 2.75) is 104 Å². The first-order valence-corrected chi connectivity index (χ1v) is 13.8. The van der Waals surface area contributed by atoms with Gasteiger partial charge in [-0.1, -0.05) is 114 Å². The predicted molar refractivity (Wildman–Crippen MR) is 147 cm³/mol. The van der Waals surface area contributed by atoms with E-state index in [9.17, 15) is 0 Å². The first-order chi connectivity index (χ1) is 16.8. The zero-order chi connectivity index (χ0) is 23.8. The molecule has 0 radical (unpaired) electrons. The summed E-state index contributed by atoms with van der Waals surface area (Å²) in [6.45, 7) is 4.54. The number of unbranched alkanes of at least 4 members (excludes halogenated alkanes) is 10. The highest BCUT2D eigenvalue weighted by atomic mass is 14.7. The lowest BCUT2D eigenvalue weighted by Gasteiger charge is -2.07. The Morgan fingerprint density at radius 2 is 1.00 bits per heavy atom. The average Bonchev–Trinajstić information content (AvgIpc) is 2.89. The molecular formula is C32H44N2. The molecule has 0 bridgehead atoms. The zero-order valence-corrected chi connectivity index (χ0v) is 21.6. The number of aromatic nitrogens is 2. The third-order valence-electron chi connectivity index (χ3n) is 6.78. The van der Waals surface area contributed by atoms with E-state index in [2.05, 4.69) is 62.4 Å². The molecule has 34 heavy (non-hydrogen) atoms. The van der Waals surface area contributed by atoms with Crippen LogP contribution < -0.4 is 0 Å². The van der Waals surface area contributed by atoms with Crippen LogP contribution in [0, 0.1) is 0 Å². The minimum Gasteiger partial charge on any atom is -0.261 e. The lowest BCUT2D eigenvalue weighted by molar-refractivity contribution is 0.605. The van der Waals surface area contributed by atoms with Crippen molar-refractivity contribution in [2.75, 3.05) is 0 Å². The standard InChI is InChI=1S/C32H44N2/c1-3-5-7-9-11-13-15-27-17-19-28(20-18-27)32-24-22-30(26-34-32)29-21-23-31(33-25-29)16-14-12-10-8-6-4-2/h17-26H,3-16H2,1-2H3. The van der Waals surface area contributed by atoms with Crippen molar-refractivity contribution in [3.63, 3.8) is 0 Å². The van der Waals surface area contributed by atoms with Gasteiger partial charge in [-0.2, -0.15) is 0 Å².